The molecule has 0 saturated carbocycles. The van der Waals surface area contributed by atoms with Crippen molar-refractivity contribution < 1.29 is 14.3 Å². The highest BCUT2D eigenvalue weighted by Crippen LogP contribution is 2.25. The molecule has 6 heteroatoms. The minimum absolute atomic E-state index is 0.0540. The fourth-order valence-electron chi connectivity index (χ4n) is 2.24. The maximum absolute atomic E-state index is 12.5. The van der Waals surface area contributed by atoms with Crippen LogP contribution in [0.15, 0.2) is 22.7 Å². The lowest BCUT2D eigenvalue weighted by Crippen LogP contribution is -2.50. The standard InChI is InChI=1S/C14H17BrN2O3/c1-10(18)16-5-7-17(8-6-16)14(19)12-4-3-11(15)9-13(12)20-2/h3-4,9H,5-8H2,1-2H3. The van der Waals surface area contributed by atoms with E-state index in [1.807, 2.05) is 6.07 Å². The summed E-state index contributed by atoms with van der Waals surface area (Å²) in [6.07, 6.45) is 0. The van der Waals surface area contributed by atoms with Gasteiger partial charge in [-0.1, -0.05) is 15.9 Å². The minimum atomic E-state index is -0.0578. The first kappa shape index (κ1) is 14.8. The highest BCUT2D eigenvalue weighted by Gasteiger charge is 2.25. The van der Waals surface area contributed by atoms with E-state index in [0.717, 1.165) is 4.47 Å². The molecule has 0 N–H and O–H groups in total. The molecular formula is C14H17BrN2O3. The van der Waals surface area contributed by atoms with E-state index in [0.29, 0.717) is 37.5 Å². The Bertz CT molecular complexity index is 525. The Kier molecular flexibility index (Phi) is 4.65. The highest BCUT2D eigenvalue weighted by molar-refractivity contribution is 9.10. The Hall–Kier alpha value is -1.56. The van der Waals surface area contributed by atoms with Crippen molar-refractivity contribution in [3.63, 3.8) is 0 Å². The number of hydrogen-bond donors (Lipinski definition) is 0. The minimum Gasteiger partial charge on any atom is -0.496 e. The third-order valence-corrected chi connectivity index (χ3v) is 3.90. The molecule has 0 atom stereocenters. The Labute approximate surface area is 126 Å². The largest absolute Gasteiger partial charge is 0.496 e. The van der Waals surface area contributed by atoms with Gasteiger partial charge in [-0.25, -0.2) is 0 Å². The Morgan fingerprint density at radius 2 is 1.75 bits per heavy atom. The number of carbonyl (C=O) groups excluding carboxylic acids is 2. The predicted molar refractivity (Wildman–Crippen MR) is 78.9 cm³/mol. The number of ether oxygens (including phenoxy) is 1. The van der Waals surface area contributed by atoms with Crippen LogP contribution in [0, 0.1) is 0 Å². The van der Waals surface area contributed by atoms with Gasteiger partial charge in [-0.3, -0.25) is 9.59 Å². The predicted octanol–water partition coefficient (Wildman–Crippen LogP) is 1.76. The summed E-state index contributed by atoms with van der Waals surface area (Å²) >= 11 is 3.36. The number of rotatable bonds is 2. The zero-order valence-corrected chi connectivity index (χ0v) is 13.1. The summed E-state index contributed by atoms with van der Waals surface area (Å²) in [5.41, 5.74) is 0.548. The van der Waals surface area contributed by atoms with Crippen molar-refractivity contribution in [2.45, 2.75) is 6.92 Å². The molecule has 0 unspecified atom stereocenters. The number of amides is 2. The van der Waals surface area contributed by atoms with Crippen LogP contribution < -0.4 is 4.74 Å². The molecule has 0 bridgehead atoms. The van der Waals surface area contributed by atoms with E-state index in [4.69, 9.17) is 4.74 Å². The topological polar surface area (TPSA) is 49.9 Å². The van der Waals surface area contributed by atoms with Crippen LogP contribution >= 0.6 is 15.9 Å². The Morgan fingerprint density at radius 1 is 1.15 bits per heavy atom. The third-order valence-electron chi connectivity index (χ3n) is 3.41. The number of carbonyl (C=O) groups is 2. The molecule has 1 aliphatic heterocycles. The van der Waals surface area contributed by atoms with E-state index in [1.54, 1.807) is 36.0 Å². The number of benzene rings is 1. The van der Waals surface area contributed by atoms with Gasteiger partial charge in [-0.2, -0.15) is 0 Å². The number of nitrogens with zero attached hydrogens (tertiary/aromatic N) is 2. The second-order valence-electron chi connectivity index (χ2n) is 4.64. The normalized spacial score (nSPS) is 15.2. The van der Waals surface area contributed by atoms with Crippen LogP contribution in [0.5, 0.6) is 5.75 Å². The van der Waals surface area contributed by atoms with Gasteiger partial charge in [0.1, 0.15) is 5.75 Å². The fourth-order valence-corrected chi connectivity index (χ4v) is 2.58. The molecule has 0 aromatic heterocycles. The van der Waals surface area contributed by atoms with Crippen LogP contribution in [0.4, 0.5) is 0 Å². The van der Waals surface area contributed by atoms with Gasteiger partial charge >= 0.3 is 0 Å². The Morgan fingerprint density at radius 3 is 2.30 bits per heavy atom. The smallest absolute Gasteiger partial charge is 0.257 e. The maximum Gasteiger partial charge on any atom is 0.257 e. The van der Waals surface area contributed by atoms with Gasteiger partial charge in [-0.15, -0.1) is 0 Å². The molecule has 1 heterocycles. The molecular weight excluding hydrogens is 324 g/mol. The van der Waals surface area contributed by atoms with Gasteiger partial charge in [0, 0.05) is 37.6 Å². The van der Waals surface area contributed by atoms with Crippen LogP contribution in [0.25, 0.3) is 0 Å². The first-order valence-electron chi connectivity index (χ1n) is 6.41. The van der Waals surface area contributed by atoms with Crippen LogP contribution in [0.3, 0.4) is 0 Å². The van der Waals surface area contributed by atoms with Gasteiger partial charge in [0.2, 0.25) is 5.91 Å². The SMILES string of the molecule is COc1cc(Br)ccc1C(=O)N1CCN(C(C)=O)CC1. The average molecular weight is 341 g/mol. The lowest BCUT2D eigenvalue weighted by Gasteiger charge is -2.34. The molecule has 20 heavy (non-hydrogen) atoms. The summed E-state index contributed by atoms with van der Waals surface area (Å²) in [6.45, 7) is 3.82. The van der Waals surface area contributed by atoms with Crippen molar-refractivity contribution in [3.8, 4) is 5.75 Å². The third kappa shape index (κ3) is 3.12. The number of piperazine rings is 1. The van der Waals surface area contributed by atoms with Crippen molar-refractivity contribution in [2.75, 3.05) is 33.3 Å². The quantitative estimate of drug-likeness (QED) is 0.824. The van der Waals surface area contributed by atoms with Crippen LogP contribution in [-0.4, -0.2) is 54.9 Å². The monoisotopic (exact) mass is 340 g/mol. The molecule has 0 aliphatic carbocycles. The molecule has 1 saturated heterocycles. The average Bonchev–Trinajstić information content (AvgIpc) is 2.46. The molecule has 1 aliphatic rings. The Balaban J connectivity index is 2.11. The van der Waals surface area contributed by atoms with Crippen LogP contribution in [0.1, 0.15) is 17.3 Å². The molecule has 0 spiro atoms. The summed E-state index contributed by atoms with van der Waals surface area (Å²) in [5, 5.41) is 0. The van der Waals surface area contributed by atoms with E-state index < -0.39 is 0 Å². The zero-order chi connectivity index (χ0) is 14.7. The van der Waals surface area contributed by atoms with E-state index >= 15 is 0 Å². The second-order valence-corrected chi connectivity index (χ2v) is 5.56. The van der Waals surface area contributed by atoms with Crippen molar-refractivity contribution >= 4 is 27.7 Å². The summed E-state index contributed by atoms with van der Waals surface area (Å²) in [5.74, 6) is 0.550. The van der Waals surface area contributed by atoms with Crippen molar-refractivity contribution in [2.24, 2.45) is 0 Å². The van der Waals surface area contributed by atoms with Crippen molar-refractivity contribution in [1.82, 2.24) is 9.80 Å². The molecule has 108 valence electrons. The maximum atomic E-state index is 12.5. The fraction of sp³-hybridized carbons (Fsp3) is 0.429. The summed E-state index contributed by atoms with van der Waals surface area (Å²) < 4.78 is 6.12. The highest BCUT2D eigenvalue weighted by atomic mass is 79.9. The molecule has 1 aromatic carbocycles. The van der Waals surface area contributed by atoms with Crippen LogP contribution in [-0.2, 0) is 4.79 Å². The lowest BCUT2D eigenvalue weighted by atomic mass is 10.1. The van der Waals surface area contributed by atoms with Crippen molar-refractivity contribution in [1.29, 1.82) is 0 Å². The summed E-state index contributed by atoms with van der Waals surface area (Å²) in [6, 6.07) is 5.35. The number of methoxy groups -OCH3 is 1. The summed E-state index contributed by atoms with van der Waals surface area (Å²) in [7, 11) is 1.55. The van der Waals surface area contributed by atoms with Gasteiger partial charge < -0.3 is 14.5 Å². The first-order valence-corrected chi connectivity index (χ1v) is 7.20. The molecule has 1 fully saturated rings. The lowest BCUT2D eigenvalue weighted by molar-refractivity contribution is -0.130. The van der Waals surface area contributed by atoms with Crippen LogP contribution in [0.2, 0.25) is 0 Å². The summed E-state index contributed by atoms with van der Waals surface area (Å²) in [4.78, 5) is 27.3. The van der Waals surface area contributed by atoms with E-state index in [1.165, 1.54) is 0 Å². The molecule has 1 aromatic rings. The van der Waals surface area contributed by atoms with Gasteiger partial charge in [-0.05, 0) is 18.2 Å². The van der Waals surface area contributed by atoms with E-state index in [2.05, 4.69) is 15.9 Å². The molecule has 2 rings (SSSR count). The van der Waals surface area contributed by atoms with E-state index in [9.17, 15) is 9.59 Å². The van der Waals surface area contributed by atoms with Gasteiger partial charge in [0.25, 0.3) is 5.91 Å². The molecule has 2 amide bonds. The van der Waals surface area contributed by atoms with Crippen molar-refractivity contribution in [3.05, 3.63) is 28.2 Å². The number of hydrogen-bond acceptors (Lipinski definition) is 3. The molecule has 5 nitrogen and oxygen atoms in total. The number of halogens is 1. The second kappa shape index (κ2) is 6.26. The van der Waals surface area contributed by atoms with Gasteiger partial charge in [0.15, 0.2) is 0 Å². The zero-order valence-electron chi connectivity index (χ0n) is 11.6. The molecule has 0 radical (unpaired) electrons. The van der Waals surface area contributed by atoms with Gasteiger partial charge in [0.05, 0.1) is 12.7 Å². The van der Waals surface area contributed by atoms with E-state index in [-0.39, 0.29) is 11.8 Å². The first-order chi connectivity index (χ1) is 9.52.